The van der Waals surface area contributed by atoms with E-state index in [0.717, 1.165) is 19.6 Å². The second-order valence-electron chi connectivity index (χ2n) is 4.38. The average Bonchev–Trinajstić information content (AvgIpc) is 2.16. The second kappa shape index (κ2) is 6.84. The lowest BCUT2D eigenvalue weighted by Gasteiger charge is -2.18. The Hall–Kier alpha value is -0.640. The smallest absolute Gasteiger partial charge is 0.129 e. The highest BCUT2D eigenvalue weighted by Crippen LogP contribution is 2.09. The topological polar surface area (TPSA) is 19.4 Å². The zero-order chi connectivity index (χ0) is 12.0. The monoisotopic (exact) mass is 241 g/mol. The van der Waals surface area contributed by atoms with Crippen LogP contribution < -0.4 is 0 Å². The minimum absolute atomic E-state index is 0.569. The van der Waals surface area contributed by atoms with E-state index in [1.807, 2.05) is 12.1 Å². The summed E-state index contributed by atoms with van der Waals surface area (Å²) >= 11 is 5.84. The Morgan fingerprint density at radius 3 is 2.62 bits per heavy atom. The molecule has 1 aromatic rings. The van der Waals surface area contributed by atoms with E-state index >= 15 is 0 Å². The quantitative estimate of drug-likeness (QED) is 0.712. The van der Waals surface area contributed by atoms with Crippen LogP contribution >= 0.6 is 11.6 Å². The maximum absolute atomic E-state index is 5.84. The molecule has 0 fully saturated rings. The van der Waals surface area contributed by atoms with Crippen LogP contribution in [-0.2, 0) is 6.54 Å². The molecule has 0 aliphatic rings. The van der Waals surface area contributed by atoms with Crippen LogP contribution in [0, 0.1) is 0 Å². The highest BCUT2D eigenvalue weighted by atomic mass is 35.5. The minimum Gasteiger partial charge on any atom is -0.309 e. The van der Waals surface area contributed by atoms with Gasteiger partial charge in [0.1, 0.15) is 5.15 Å². The van der Waals surface area contributed by atoms with Gasteiger partial charge >= 0.3 is 0 Å². The third kappa shape index (κ3) is 5.45. The summed E-state index contributed by atoms with van der Waals surface area (Å²) in [5, 5.41) is 0.569. The number of nitrogens with zero attached hydrogens (tertiary/aromatic N) is 3. The molecule has 0 radical (unpaired) electrons. The number of aromatic nitrogens is 1. The Balaban J connectivity index is 2.31. The van der Waals surface area contributed by atoms with Crippen LogP contribution in [0.15, 0.2) is 18.3 Å². The van der Waals surface area contributed by atoms with Gasteiger partial charge in [-0.05, 0) is 58.3 Å². The van der Waals surface area contributed by atoms with Crippen molar-refractivity contribution in [2.24, 2.45) is 0 Å². The van der Waals surface area contributed by atoms with Gasteiger partial charge in [-0.15, -0.1) is 0 Å². The van der Waals surface area contributed by atoms with Crippen molar-refractivity contribution in [1.29, 1.82) is 0 Å². The molecule has 0 aliphatic carbocycles. The summed E-state index contributed by atoms with van der Waals surface area (Å²) in [7, 11) is 6.33. The van der Waals surface area contributed by atoms with Gasteiger partial charge in [0.05, 0.1) is 0 Å². The summed E-state index contributed by atoms with van der Waals surface area (Å²) in [5.41, 5.74) is 1.22. The van der Waals surface area contributed by atoms with Gasteiger partial charge in [0.2, 0.25) is 0 Å². The Morgan fingerprint density at radius 1 is 1.25 bits per heavy atom. The number of hydrogen-bond donors (Lipinski definition) is 0. The molecule has 4 heteroatoms. The molecule has 0 spiro atoms. The predicted octanol–water partition coefficient (Wildman–Crippen LogP) is 2.12. The molecule has 16 heavy (non-hydrogen) atoms. The zero-order valence-electron chi connectivity index (χ0n) is 10.3. The summed E-state index contributed by atoms with van der Waals surface area (Å²) < 4.78 is 0. The Kier molecular flexibility index (Phi) is 5.74. The molecule has 3 nitrogen and oxygen atoms in total. The highest BCUT2D eigenvalue weighted by molar-refractivity contribution is 6.29. The molecule has 0 saturated carbocycles. The van der Waals surface area contributed by atoms with Gasteiger partial charge in [-0.25, -0.2) is 4.98 Å². The van der Waals surface area contributed by atoms with Crippen molar-refractivity contribution in [3.8, 4) is 0 Å². The van der Waals surface area contributed by atoms with Gasteiger partial charge in [-0.1, -0.05) is 11.6 Å². The van der Waals surface area contributed by atoms with E-state index in [9.17, 15) is 0 Å². The third-order valence-corrected chi connectivity index (χ3v) is 2.60. The van der Waals surface area contributed by atoms with E-state index in [1.165, 1.54) is 12.0 Å². The Bertz CT molecular complexity index is 315. The van der Waals surface area contributed by atoms with Crippen molar-refractivity contribution < 1.29 is 0 Å². The first kappa shape index (κ1) is 13.4. The first-order chi connectivity index (χ1) is 7.58. The van der Waals surface area contributed by atoms with Gasteiger partial charge in [0.15, 0.2) is 0 Å². The van der Waals surface area contributed by atoms with Crippen LogP contribution in [0.1, 0.15) is 12.0 Å². The predicted molar refractivity (Wildman–Crippen MR) is 68.8 cm³/mol. The molecular formula is C12H20ClN3. The van der Waals surface area contributed by atoms with Crippen LogP contribution in [0.3, 0.4) is 0 Å². The molecule has 90 valence electrons. The lowest BCUT2D eigenvalue weighted by atomic mass is 10.2. The SMILES string of the molecule is CN(C)CCCN(C)Cc1ccnc(Cl)c1. The summed E-state index contributed by atoms with van der Waals surface area (Å²) in [6, 6.07) is 3.93. The van der Waals surface area contributed by atoms with Crippen molar-refractivity contribution in [2.45, 2.75) is 13.0 Å². The van der Waals surface area contributed by atoms with Crippen molar-refractivity contribution >= 4 is 11.6 Å². The number of hydrogen-bond acceptors (Lipinski definition) is 3. The van der Waals surface area contributed by atoms with E-state index in [2.05, 4.69) is 35.9 Å². The molecule has 1 rings (SSSR count). The normalized spacial score (nSPS) is 11.4. The van der Waals surface area contributed by atoms with Gasteiger partial charge in [-0.3, -0.25) is 0 Å². The Labute approximate surface area is 103 Å². The van der Waals surface area contributed by atoms with E-state index in [0.29, 0.717) is 5.15 Å². The van der Waals surface area contributed by atoms with E-state index < -0.39 is 0 Å². The first-order valence-electron chi connectivity index (χ1n) is 5.51. The highest BCUT2D eigenvalue weighted by Gasteiger charge is 2.01. The van der Waals surface area contributed by atoms with Gasteiger partial charge in [-0.2, -0.15) is 0 Å². The molecule has 0 N–H and O–H groups in total. The standard InChI is InChI=1S/C12H20ClN3/c1-15(2)7-4-8-16(3)10-11-5-6-14-12(13)9-11/h5-6,9H,4,7-8,10H2,1-3H3. The minimum atomic E-state index is 0.569. The van der Waals surface area contributed by atoms with Crippen molar-refractivity contribution in [2.75, 3.05) is 34.2 Å². The molecule has 0 saturated heterocycles. The fourth-order valence-electron chi connectivity index (χ4n) is 1.59. The van der Waals surface area contributed by atoms with Crippen LogP contribution in [0.2, 0.25) is 5.15 Å². The van der Waals surface area contributed by atoms with Gasteiger partial charge < -0.3 is 9.80 Å². The lowest BCUT2D eigenvalue weighted by Crippen LogP contribution is -2.23. The van der Waals surface area contributed by atoms with Gasteiger partial charge in [0.25, 0.3) is 0 Å². The maximum Gasteiger partial charge on any atom is 0.129 e. The fraction of sp³-hybridized carbons (Fsp3) is 0.583. The number of halogens is 1. The maximum atomic E-state index is 5.84. The molecule has 0 amide bonds. The van der Waals surface area contributed by atoms with Crippen LogP contribution in [0.25, 0.3) is 0 Å². The first-order valence-corrected chi connectivity index (χ1v) is 5.89. The second-order valence-corrected chi connectivity index (χ2v) is 4.77. The average molecular weight is 242 g/mol. The number of pyridine rings is 1. The van der Waals surface area contributed by atoms with E-state index in [-0.39, 0.29) is 0 Å². The largest absolute Gasteiger partial charge is 0.309 e. The van der Waals surface area contributed by atoms with E-state index in [4.69, 9.17) is 11.6 Å². The summed E-state index contributed by atoms with van der Waals surface area (Å²) in [6.45, 7) is 3.15. The van der Waals surface area contributed by atoms with Crippen LogP contribution in [-0.4, -0.2) is 49.0 Å². The molecule has 0 atom stereocenters. The van der Waals surface area contributed by atoms with Crippen molar-refractivity contribution in [1.82, 2.24) is 14.8 Å². The summed E-state index contributed by atoms with van der Waals surface area (Å²) in [6.07, 6.45) is 2.94. The van der Waals surface area contributed by atoms with E-state index in [1.54, 1.807) is 6.20 Å². The molecule has 0 aliphatic heterocycles. The molecule has 0 unspecified atom stereocenters. The molecule has 0 aromatic carbocycles. The third-order valence-electron chi connectivity index (χ3n) is 2.39. The molecule has 1 heterocycles. The van der Waals surface area contributed by atoms with Gasteiger partial charge in [0, 0.05) is 12.7 Å². The fourth-order valence-corrected chi connectivity index (χ4v) is 1.78. The zero-order valence-corrected chi connectivity index (χ0v) is 11.0. The van der Waals surface area contributed by atoms with Crippen LogP contribution in [0.4, 0.5) is 0 Å². The molecular weight excluding hydrogens is 222 g/mol. The van der Waals surface area contributed by atoms with Crippen molar-refractivity contribution in [3.63, 3.8) is 0 Å². The number of rotatable bonds is 6. The molecule has 1 aromatic heterocycles. The lowest BCUT2D eigenvalue weighted by molar-refractivity contribution is 0.294. The Morgan fingerprint density at radius 2 is 2.00 bits per heavy atom. The van der Waals surface area contributed by atoms with Crippen LogP contribution in [0.5, 0.6) is 0 Å². The summed E-state index contributed by atoms with van der Waals surface area (Å²) in [5.74, 6) is 0. The molecule has 0 bridgehead atoms. The summed E-state index contributed by atoms with van der Waals surface area (Å²) in [4.78, 5) is 8.48. The van der Waals surface area contributed by atoms with Crippen molar-refractivity contribution in [3.05, 3.63) is 29.0 Å².